The Bertz CT molecular complexity index is 698. The van der Waals surface area contributed by atoms with Crippen molar-refractivity contribution in [2.45, 2.75) is 82.0 Å². The highest BCUT2D eigenvalue weighted by Gasteiger charge is 2.48. The summed E-state index contributed by atoms with van der Waals surface area (Å²) in [6, 6.07) is 2.31. The number of nitrogens with zero attached hydrogens (tertiary/aromatic N) is 4. The first-order valence-corrected chi connectivity index (χ1v) is 10.4. The summed E-state index contributed by atoms with van der Waals surface area (Å²) in [7, 11) is 0. The van der Waals surface area contributed by atoms with Gasteiger partial charge in [0.15, 0.2) is 5.82 Å². The van der Waals surface area contributed by atoms with E-state index in [1.54, 1.807) is 0 Å². The SMILES string of the molecule is CC(C)c1noc(N2C3CCC2CC(N2CCC4(CC2)CNC(=O)O4)C3)n1. The number of nitrogens with one attached hydrogen (secondary N) is 1. The molecule has 4 aliphatic rings. The molecule has 2 atom stereocenters. The number of piperidine rings is 2. The van der Waals surface area contributed by atoms with Gasteiger partial charge in [-0.2, -0.15) is 4.98 Å². The average molecular weight is 375 g/mol. The van der Waals surface area contributed by atoms with E-state index >= 15 is 0 Å². The lowest BCUT2D eigenvalue weighted by Gasteiger charge is -2.46. The first-order valence-electron chi connectivity index (χ1n) is 10.4. The predicted octanol–water partition coefficient (Wildman–Crippen LogP) is 2.27. The third kappa shape index (κ3) is 2.98. The molecule has 2 bridgehead atoms. The van der Waals surface area contributed by atoms with Crippen LogP contribution in [0.1, 0.15) is 64.1 Å². The second-order valence-corrected chi connectivity index (χ2v) is 8.97. The molecule has 5 rings (SSSR count). The Kier molecular flexibility index (Phi) is 4.07. The highest BCUT2D eigenvalue weighted by Crippen LogP contribution is 2.41. The van der Waals surface area contributed by atoms with Crippen molar-refractivity contribution in [2.24, 2.45) is 0 Å². The molecule has 0 aliphatic carbocycles. The molecule has 0 radical (unpaired) electrons. The van der Waals surface area contributed by atoms with Crippen LogP contribution < -0.4 is 10.2 Å². The highest BCUT2D eigenvalue weighted by molar-refractivity contribution is 5.70. The number of rotatable bonds is 3. The standard InChI is InChI=1S/C19H29N5O3/c1-12(2)16-21-17(27-22-16)24-13-3-4-14(24)10-15(9-13)23-7-5-19(6-8-23)11-20-18(25)26-19/h12-15H,3-11H2,1-2H3,(H,20,25). The van der Waals surface area contributed by atoms with Gasteiger partial charge in [0.25, 0.3) is 0 Å². The van der Waals surface area contributed by atoms with Crippen molar-refractivity contribution in [2.75, 3.05) is 24.5 Å². The molecular formula is C19H29N5O3. The Hall–Kier alpha value is -1.83. The van der Waals surface area contributed by atoms with Gasteiger partial charge in [-0.3, -0.25) is 4.90 Å². The van der Waals surface area contributed by atoms with E-state index in [4.69, 9.17) is 9.26 Å². The van der Waals surface area contributed by atoms with Gasteiger partial charge in [0.2, 0.25) is 0 Å². The molecule has 8 heteroatoms. The Balaban J connectivity index is 1.23. The minimum atomic E-state index is -0.260. The number of fused-ring (bicyclic) bond motifs is 2. The molecule has 0 saturated carbocycles. The van der Waals surface area contributed by atoms with Crippen LogP contribution in [0, 0.1) is 0 Å². The Labute approximate surface area is 159 Å². The maximum Gasteiger partial charge on any atom is 0.407 e. The van der Waals surface area contributed by atoms with Crippen molar-refractivity contribution in [3.05, 3.63) is 5.82 Å². The molecule has 4 aliphatic heterocycles. The summed E-state index contributed by atoms with van der Waals surface area (Å²) in [5.74, 6) is 1.09. The largest absolute Gasteiger partial charge is 0.441 e. The van der Waals surface area contributed by atoms with E-state index in [9.17, 15) is 4.79 Å². The van der Waals surface area contributed by atoms with Crippen molar-refractivity contribution in [1.82, 2.24) is 20.4 Å². The molecule has 2 unspecified atom stereocenters. The van der Waals surface area contributed by atoms with Crippen LogP contribution in [0.4, 0.5) is 10.8 Å². The zero-order valence-electron chi connectivity index (χ0n) is 16.2. The van der Waals surface area contributed by atoms with Gasteiger partial charge in [0, 0.05) is 50.0 Å². The van der Waals surface area contributed by atoms with Crippen LogP contribution in [0.5, 0.6) is 0 Å². The van der Waals surface area contributed by atoms with Crippen molar-refractivity contribution in [1.29, 1.82) is 0 Å². The van der Waals surface area contributed by atoms with Gasteiger partial charge in [-0.15, -0.1) is 0 Å². The number of hydrogen-bond acceptors (Lipinski definition) is 7. The molecule has 1 aromatic rings. The molecule has 1 spiro atoms. The first-order chi connectivity index (χ1) is 13.0. The number of ether oxygens (including phenoxy) is 1. The summed E-state index contributed by atoms with van der Waals surface area (Å²) in [5, 5.41) is 6.98. The fraction of sp³-hybridized carbons (Fsp3) is 0.842. The molecule has 27 heavy (non-hydrogen) atoms. The molecule has 5 heterocycles. The van der Waals surface area contributed by atoms with Crippen molar-refractivity contribution in [3.8, 4) is 0 Å². The number of carbonyl (C=O) groups is 1. The summed E-state index contributed by atoms with van der Waals surface area (Å²) in [4.78, 5) is 21.1. The van der Waals surface area contributed by atoms with Crippen LogP contribution >= 0.6 is 0 Å². The predicted molar refractivity (Wildman–Crippen MR) is 98.7 cm³/mol. The lowest BCUT2D eigenvalue weighted by molar-refractivity contribution is -0.0145. The first kappa shape index (κ1) is 17.3. The van der Waals surface area contributed by atoms with E-state index in [2.05, 4.69) is 39.1 Å². The number of carbonyl (C=O) groups excluding carboxylic acids is 1. The number of likely N-dealkylation sites (tertiary alicyclic amines) is 1. The lowest BCUT2D eigenvalue weighted by Crippen LogP contribution is -2.55. The van der Waals surface area contributed by atoms with Crippen molar-refractivity contribution in [3.63, 3.8) is 0 Å². The van der Waals surface area contributed by atoms with Gasteiger partial charge in [-0.25, -0.2) is 4.79 Å². The molecule has 8 nitrogen and oxygen atoms in total. The zero-order chi connectivity index (χ0) is 18.6. The fourth-order valence-electron chi connectivity index (χ4n) is 5.40. The van der Waals surface area contributed by atoms with Gasteiger partial charge >= 0.3 is 12.1 Å². The van der Waals surface area contributed by atoms with Crippen LogP contribution in [0.2, 0.25) is 0 Å². The van der Waals surface area contributed by atoms with Crippen LogP contribution in [0.15, 0.2) is 4.52 Å². The molecule has 0 aromatic carbocycles. The number of aromatic nitrogens is 2. The van der Waals surface area contributed by atoms with Crippen LogP contribution in [0.25, 0.3) is 0 Å². The molecule has 1 amide bonds. The minimum absolute atomic E-state index is 0.255. The van der Waals surface area contributed by atoms with Gasteiger partial charge in [-0.05, 0) is 25.7 Å². The minimum Gasteiger partial charge on any atom is -0.441 e. The fourth-order valence-corrected chi connectivity index (χ4v) is 5.40. The molecule has 148 valence electrons. The second kappa shape index (κ2) is 6.36. The van der Waals surface area contributed by atoms with E-state index in [0.717, 1.165) is 44.6 Å². The summed E-state index contributed by atoms with van der Waals surface area (Å²) in [6.45, 7) is 6.87. The van der Waals surface area contributed by atoms with E-state index in [1.165, 1.54) is 12.8 Å². The lowest BCUT2D eigenvalue weighted by atomic mass is 9.88. The normalized spacial score (nSPS) is 32.9. The molecular weight excluding hydrogens is 346 g/mol. The highest BCUT2D eigenvalue weighted by atomic mass is 16.6. The summed E-state index contributed by atoms with van der Waals surface area (Å²) in [6.07, 6.45) is 6.34. The number of hydrogen-bond donors (Lipinski definition) is 1. The Morgan fingerprint density at radius 1 is 1.15 bits per heavy atom. The summed E-state index contributed by atoms with van der Waals surface area (Å²) in [5.41, 5.74) is -0.260. The third-order valence-corrected chi connectivity index (χ3v) is 6.97. The van der Waals surface area contributed by atoms with Crippen LogP contribution in [-0.2, 0) is 4.74 Å². The topological polar surface area (TPSA) is 83.7 Å². The van der Waals surface area contributed by atoms with Crippen molar-refractivity contribution < 1.29 is 14.1 Å². The van der Waals surface area contributed by atoms with Gasteiger partial charge in [0.1, 0.15) is 5.60 Å². The van der Waals surface area contributed by atoms with E-state index < -0.39 is 0 Å². The number of amides is 1. The summed E-state index contributed by atoms with van der Waals surface area (Å²) >= 11 is 0. The van der Waals surface area contributed by atoms with E-state index in [1.807, 2.05) is 0 Å². The zero-order valence-corrected chi connectivity index (χ0v) is 16.2. The Morgan fingerprint density at radius 2 is 1.85 bits per heavy atom. The van der Waals surface area contributed by atoms with Crippen LogP contribution in [-0.4, -0.2) is 64.5 Å². The molecule has 4 saturated heterocycles. The van der Waals surface area contributed by atoms with Gasteiger partial charge in [0.05, 0.1) is 6.54 Å². The molecule has 1 aromatic heterocycles. The monoisotopic (exact) mass is 375 g/mol. The second-order valence-electron chi connectivity index (χ2n) is 8.97. The third-order valence-electron chi connectivity index (χ3n) is 6.97. The van der Waals surface area contributed by atoms with Gasteiger partial charge < -0.3 is 19.5 Å². The average Bonchev–Trinajstić information content (AvgIpc) is 3.33. The number of anilines is 1. The summed E-state index contributed by atoms with van der Waals surface area (Å²) < 4.78 is 11.2. The van der Waals surface area contributed by atoms with E-state index in [0.29, 0.717) is 30.7 Å². The Morgan fingerprint density at radius 3 is 2.41 bits per heavy atom. The van der Waals surface area contributed by atoms with Crippen molar-refractivity contribution >= 4 is 12.1 Å². The number of alkyl carbamates (subject to hydrolysis) is 1. The maximum atomic E-state index is 11.4. The smallest absolute Gasteiger partial charge is 0.407 e. The maximum absolute atomic E-state index is 11.4. The molecule has 1 N–H and O–H groups in total. The van der Waals surface area contributed by atoms with E-state index in [-0.39, 0.29) is 17.6 Å². The van der Waals surface area contributed by atoms with Crippen LogP contribution in [0.3, 0.4) is 0 Å². The quantitative estimate of drug-likeness (QED) is 0.867. The molecule has 4 fully saturated rings. The van der Waals surface area contributed by atoms with Gasteiger partial charge in [-0.1, -0.05) is 19.0 Å².